The zero-order valence-corrected chi connectivity index (χ0v) is 12.4. The lowest BCUT2D eigenvalue weighted by molar-refractivity contribution is 0.128. The van der Waals surface area contributed by atoms with Crippen LogP contribution >= 0.6 is 0 Å². The molecule has 0 bridgehead atoms. The number of nitrogens with zero attached hydrogens (tertiary/aromatic N) is 2. The summed E-state index contributed by atoms with van der Waals surface area (Å²) in [5.74, 6) is 1.79. The van der Waals surface area contributed by atoms with Crippen molar-refractivity contribution in [3.63, 3.8) is 0 Å². The molecule has 0 amide bonds. The monoisotopic (exact) mass is 263 g/mol. The Labute approximate surface area is 117 Å². The second kappa shape index (κ2) is 5.34. The van der Waals surface area contributed by atoms with Crippen molar-refractivity contribution in [2.24, 2.45) is 16.6 Å². The quantitative estimate of drug-likeness (QED) is 0.830. The highest BCUT2D eigenvalue weighted by Crippen LogP contribution is 2.42. The van der Waals surface area contributed by atoms with E-state index in [1.165, 1.54) is 64.2 Å². The number of aliphatic imine (C=N–C) groups is 1. The molecule has 1 aliphatic heterocycles. The van der Waals surface area contributed by atoms with Crippen molar-refractivity contribution in [2.75, 3.05) is 6.54 Å². The molecule has 19 heavy (non-hydrogen) atoms. The molecule has 3 rings (SSSR count). The van der Waals surface area contributed by atoms with Gasteiger partial charge in [-0.2, -0.15) is 0 Å². The maximum atomic E-state index is 6.26. The van der Waals surface area contributed by atoms with Crippen molar-refractivity contribution in [1.82, 2.24) is 4.90 Å². The first-order valence-electron chi connectivity index (χ1n) is 8.34. The van der Waals surface area contributed by atoms with E-state index >= 15 is 0 Å². The molecule has 2 aliphatic carbocycles. The van der Waals surface area contributed by atoms with E-state index in [4.69, 9.17) is 5.73 Å². The molecule has 2 N–H and O–H groups in total. The first kappa shape index (κ1) is 13.3. The van der Waals surface area contributed by atoms with Gasteiger partial charge in [0.2, 0.25) is 0 Å². The standard InChI is InChI=1S/C16H29N3/c1-2-13-6-5-10-16(11-9-13)12-18-15(17)19(16)14-7-3-4-8-14/h13-14H,2-12H2,1H3,(H2,17,18). The molecule has 3 nitrogen and oxygen atoms in total. The molecule has 1 spiro atoms. The number of rotatable bonds is 2. The molecule has 0 aromatic heterocycles. The lowest BCUT2D eigenvalue weighted by Gasteiger charge is -2.43. The highest BCUT2D eigenvalue weighted by molar-refractivity contribution is 5.81. The van der Waals surface area contributed by atoms with Crippen molar-refractivity contribution in [3.8, 4) is 0 Å². The second-order valence-corrected chi connectivity index (χ2v) is 6.91. The van der Waals surface area contributed by atoms with Crippen LogP contribution in [0.5, 0.6) is 0 Å². The molecular formula is C16H29N3. The Kier molecular flexibility index (Phi) is 3.72. The van der Waals surface area contributed by atoms with Gasteiger partial charge in [0, 0.05) is 6.04 Å². The summed E-state index contributed by atoms with van der Waals surface area (Å²) in [4.78, 5) is 7.22. The molecule has 0 aromatic carbocycles. The van der Waals surface area contributed by atoms with E-state index in [0.29, 0.717) is 11.6 Å². The predicted octanol–water partition coefficient (Wildman–Crippen LogP) is 3.29. The van der Waals surface area contributed by atoms with E-state index in [-0.39, 0.29) is 0 Å². The van der Waals surface area contributed by atoms with Gasteiger partial charge in [0.1, 0.15) is 0 Å². The Morgan fingerprint density at radius 2 is 1.95 bits per heavy atom. The zero-order valence-electron chi connectivity index (χ0n) is 12.4. The fourth-order valence-corrected chi connectivity index (χ4v) is 4.63. The van der Waals surface area contributed by atoms with E-state index < -0.39 is 0 Å². The second-order valence-electron chi connectivity index (χ2n) is 6.91. The van der Waals surface area contributed by atoms with Crippen molar-refractivity contribution in [2.45, 2.75) is 82.7 Å². The van der Waals surface area contributed by atoms with Crippen LogP contribution in [-0.4, -0.2) is 29.0 Å². The van der Waals surface area contributed by atoms with Gasteiger partial charge in [-0.25, -0.2) is 0 Å². The molecule has 108 valence electrons. The van der Waals surface area contributed by atoms with Gasteiger partial charge in [-0.05, 0) is 38.0 Å². The predicted molar refractivity (Wildman–Crippen MR) is 80.2 cm³/mol. The molecule has 1 heterocycles. The molecule has 0 saturated heterocycles. The Hall–Kier alpha value is -0.730. The third-order valence-corrected chi connectivity index (χ3v) is 5.83. The smallest absolute Gasteiger partial charge is 0.192 e. The topological polar surface area (TPSA) is 41.6 Å². The van der Waals surface area contributed by atoms with Crippen LogP contribution in [0.1, 0.15) is 71.1 Å². The summed E-state index contributed by atoms with van der Waals surface area (Å²) in [6.45, 7) is 3.31. The van der Waals surface area contributed by atoms with Gasteiger partial charge >= 0.3 is 0 Å². The third kappa shape index (κ3) is 2.36. The average Bonchev–Trinajstić information content (AvgIpc) is 2.96. The van der Waals surface area contributed by atoms with Gasteiger partial charge < -0.3 is 10.6 Å². The van der Waals surface area contributed by atoms with Crippen molar-refractivity contribution in [3.05, 3.63) is 0 Å². The Morgan fingerprint density at radius 3 is 2.68 bits per heavy atom. The SMILES string of the molecule is CCC1CCCC2(CC1)CN=C(N)N2C1CCCC1. The Bertz CT molecular complexity index is 346. The summed E-state index contributed by atoms with van der Waals surface area (Å²) in [5, 5.41) is 0. The van der Waals surface area contributed by atoms with Crippen LogP contribution in [0.25, 0.3) is 0 Å². The van der Waals surface area contributed by atoms with E-state index in [9.17, 15) is 0 Å². The van der Waals surface area contributed by atoms with Gasteiger partial charge in [0.05, 0.1) is 12.1 Å². The fraction of sp³-hybridized carbons (Fsp3) is 0.938. The largest absolute Gasteiger partial charge is 0.370 e. The third-order valence-electron chi connectivity index (χ3n) is 5.83. The molecule has 0 radical (unpaired) electrons. The van der Waals surface area contributed by atoms with Gasteiger partial charge in [-0.15, -0.1) is 0 Å². The molecular weight excluding hydrogens is 234 g/mol. The van der Waals surface area contributed by atoms with E-state index in [1.807, 2.05) is 0 Å². The number of hydrogen-bond acceptors (Lipinski definition) is 3. The van der Waals surface area contributed by atoms with Crippen LogP contribution in [0.2, 0.25) is 0 Å². The normalized spacial score (nSPS) is 36.8. The summed E-state index contributed by atoms with van der Waals surface area (Å²) in [7, 11) is 0. The summed E-state index contributed by atoms with van der Waals surface area (Å²) < 4.78 is 0. The summed E-state index contributed by atoms with van der Waals surface area (Å²) >= 11 is 0. The molecule has 3 heteroatoms. The maximum absolute atomic E-state index is 6.26. The maximum Gasteiger partial charge on any atom is 0.192 e. The number of hydrogen-bond donors (Lipinski definition) is 1. The van der Waals surface area contributed by atoms with E-state index in [0.717, 1.165) is 18.4 Å². The van der Waals surface area contributed by atoms with E-state index in [1.54, 1.807) is 0 Å². The van der Waals surface area contributed by atoms with Gasteiger partial charge in [0.25, 0.3) is 0 Å². The Balaban J connectivity index is 1.77. The molecule has 3 aliphatic rings. The van der Waals surface area contributed by atoms with E-state index in [2.05, 4.69) is 16.8 Å². The van der Waals surface area contributed by atoms with Crippen LogP contribution < -0.4 is 5.73 Å². The van der Waals surface area contributed by atoms with Crippen LogP contribution in [-0.2, 0) is 0 Å². The highest BCUT2D eigenvalue weighted by atomic mass is 15.4. The highest BCUT2D eigenvalue weighted by Gasteiger charge is 2.46. The molecule has 2 fully saturated rings. The van der Waals surface area contributed by atoms with Crippen LogP contribution in [0.15, 0.2) is 4.99 Å². The minimum Gasteiger partial charge on any atom is -0.370 e. The van der Waals surface area contributed by atoms with Crippen LogP contribution in [0.4, 0.5) is 0 Å². The van der Waals surface area contributed by atoms with Crippen molar-refractivity contribution >= 4 is 5.96 Å². The number of guanidine groups is 1. The van der Waals surface area contributed by atoms with Crippen molar-refractivity contribution < 1.29 is 0 Å². The zero-order chi connectivity index (χ0) is 13.3. The van der Waals surface area contributed by atoms with Crippen LogP contribution in [0.3, 0.4) is 0 Å². The number of nitrogens with two attached hydrogens (primary N) is 1. The molecule has 2 atom stereocenters. The minimum absolute atomic E-state index is 0.295. The molecule has 2 saturated carbocycles. The van der Waals surface area contributed by atoms with Crippen molar-refractivity contribution in [1.29, 1.82) is 0 Å². The van der Waals surface area contributed by atoms with Crippen LogP contribution in [0, 0.1) is 5.92 Å². The summed E-state index contributed by atoms with van der Waals surface area (Å²) in [5.41, 5.74) is 6.55. The summed E-state index contributed by atoms with van der Waals surface area (Å²) in [6.07, 6.45) is 13.5. The fourth-order valence-electron chi connectivity index (χ4n) is 4.63. The Morgan fingerprint density at radius 1 is 1.16 bits per heavy atom. The lowest BCUT2D eigenvalue weighted by atomic mass is 9.87. The summed E-state index contributed by atoms with van der Waals surface area (Å²) in [6, 6.07) is 0.685. The lowest BCUT2D eigenvalue weighted by Crippen LogP contribution is -2.55. The molecule has 0 aromatic rings. The molecule has 2 unspecified atom stereocenters. The first-order valence-corrected chi connectivity index (χ1v) is 8.34. The average molecular weight is 263 g/mol. The first-order chi connectivity index (χ1) is 9.25. The van der Waals surface area contributed by atoms with Gasteiger partial charge in [0.15, 0.2) is 5.96 Å². The van der Waals surface area contributed by atoms with Gasteiger partial charge in [-0.1, -0.05) is 39.0 Å². The minimum atomic E-state index is 0.295. The van der Waals surface area contributed by atoms with Gasteiger partial charge in [-0.3, -0.25) is 4.99 Å².